The molecule has 0 bridgehead atoms. The average molecular weight is 318 g/mol. The number of halogens is 2. The Kier molecular flexibility index (Phi) is 7.78. The van der Waals surface area contributed by atoms with Gasteiger partial charge in [-0.05, 0) is 37.5 Å². The van der Waals surface area contributed by atoms with E-state index >= 15 is 0 Å². The van der Waals surface area contributed by atoms with Gasteiger partial charge in [-0.25, -0.2) is 0 Å². The first kappa shape index (κ1) is 17.1. The van der Waals surface area contributed by atoms with E-state index in [9.17, 15) is 4.79 Å². The van der Waals surface area contributed by atoms with Gasteiger partial charge >= 0.3 is 0 Å². The van der Waals surface area contributed by atoms with Crippen molar-refractivity contribution in [3.63, 3.8) is 0 Å². The van der Waals surface area contributed by atoms with Crippen LogP contribution in [0.15, 0.2) is 24.3 Å². The SMILES string of the molecule is CCC(CCCl)CNC(=O)C(C)Oc1cccc(Cl)c1. The molecule has 2 atom stereocenters. The van der Waals surface area contributed by atoms with Gasteiger partial charge in [0.2, 0.25) is 0 Å². The van der Waals surface area contributed by atoms with Gasteiger partial charge in [0.25, 0.3) is 5.91 Å². The van der Waals surface area contributed by atoms with Gasteiger partial charge in [0.05, 0.1) is 0 Å². The Hall–Kier alpha value is -0.930. The van der Waals surface area contributed by atoms with Crippen LogP contribution >= 0.6 is 23.2 Å². The van der Waals surface area contributed by atoms with E-state index in [0.717, 1.165) is 12.8 Å². The number of rotatable bonds is 8. The van der Waals surface area contributed by atoms with Crippen molar-refractivity contribution in [2.45, 2.75) is 32.8 Å². The summed E-state index contributed by atoms with van der Waals surface area (Å²) in [6, 6.07) is 7.01. The van der Waals surface area contributed by atoms with E-state index in [1.807, 2.05) is 0 Å². The van der Waals surface area contributed by atoms with Crippen LogP contribution in [0.1, 0.15) is 26.7 Å². The minimum absolute atomic E-state index is 0.127. The number of carbonyl (C=O) groups is 1. The van der Waals surface area contributed by atoms with Crippen molar-refractivity contribution >= 4 is 29.1 Å². The smallest absolute Gasteiger partial charge is 0.260 e. The summed E-state index contributed by atoms with van der Waals surface area (Å²) in [5.41, 5.74) is 0. The molecule has 3 nitrogen and oxygen atoms in total. The number of hydrogen-bond donors (Lipinski definition) is 1. The Labute approximate surface area is 130 Å². The second kappa shape index (κ2) is 9.09. The van der Waals surface area contributed by atoms with Crippen molar-refractivity contribution in [2.75, 3.05) is 12.4 Å². The monoisotopic (exact) mass is 317 g/mol. The second-order valence-electron chi connectivity index (χ2n) is 4.71. The highest BCUT2D eigenvalue weighted by Gasteiger charge is 2.16. The predicted molar refractivity (Wildman–Crippen MR) is 83.7 cm³/mol. The fraction of sp³-hybridized carbons (Fsp3) is 0.533. The molecule has 5 heteroatoms. The molecule has 1 aromatic rings. The van der Waals surface area contributed by atoms with Gasteiger partial charge in [-0.15, -0.1) is 11.6 Å². The van der Waals surface area contributed by atoms with Crippen LogP contribution in [-0.2, 0) is 4.79 Å². The molecule has 0 heterocycles. The standard InChI is InChI=1S/C15H21Cl2NO2/c1-3-12(7-8-16)10-18-15(19)11(2)20-14-6-4-5-13(17)9-14/h4-6,9,11-12H,3,7-8,10H2,1-2H3,(H,18,19). The molecule has 0 aliphatic heterocycles. The van der Waals surface area contributed by atoms with Crippen molar-refractivity contribution in [3.05, 3.63) is 29.3 Å². The summed E-state index contributed by atoms with van der Waals surface area (Å²) in [5.74, 6) is 1.49. The van der Waals surface area contributed by atoms with Crippen LogP contribution < -0.4 is 10.1 Å². The summed E-state index contributed by atoms with van der Waals surface area (Å²) in [5, 5.41) is 3.48. The number of amides is 1. The predicted octanol–water partition coefficient (Wildman–Crippen LogP) is 3.88. The molecule has 0 saturated heterocycles. The summed E-state index contributed by atoms with van der Waals surface area (Å²) in [6.45, 7) is 4.44. The maximum absolute atomic E-state index is 12.0. The molecule has 0 aromatic heterocycles. The molecule has 1 aromatic carbocycles. The number of hydrogen-bond acceptors (Lipinski definition) is 2. The molecule has 1 rings (SSSR count). The van der Waals surface area contributed by atoms with E-state index in [1.54, 1.807) is 31.2 Å². The van der Waals surface area contributed by atoms with Crippen LogP contribution in [0.2, 0.25) is 5.02 Å². The Bertz CT molecular complexity index is 426. The van der Waals surface area contributed by atoms with Crippen molar-refractivity contribution in [1.29, 1.82) is 0 Å². The number of ether oxygens (including phenoxy) is 1. The van der Waals surface area contributed by atoms with E-state index in [1.165, 1.54) is 0 Å². The Morgan fingerprint density at radius 1 is 1.45 bits per heavy atom. The quantitative estimate of drug-likeness (QED) is 0.739. The first-order chi connectivity index (χ1) is 9.56. The number of carbonyl (C=O) groups excluding carboxylic acids is 1. The zero-order valence-electron chi connectivity index (χ0n) is 11.9. The average Bonchev–Trinajstić information content (AvgIpc) is 2.43. The lowest BCUT2D eigenvalue weighted by molar-refractivity contribution is -0.127. The third-order valence-electron chi connectivity index (χ3n) is 3.14. The van der Waals surface area contributed by atoms with E-state index in [4.69, 9.17) is 27.9 Å². The van der Waals surface area contributed by atoms with Crippen molar-refractivity contribution < 1.29 is 9.53 Å². The number of alkyl halides is 1. The fourth-order valence-corrected chi connectivity index (χ4v) is 2.28. The van der Waals surface area contributed by atoms with Crippen molar-refractivity contribution in [2.24, 2.45) is 5.92 Å². The van der Waals surface area contributed by atoms with Gasteiger partial charge in [0, 0.05) is 17.4 Å². The molecule has 0 fully saturated rings. The van der Waals surface area contributed by atoms with Gasteiger partial charge in [-0.3, -0.25) is 4.79 Å². The van der Waals surface area contributed by atoms with Crippen LogP contribution in [-0.4, -0.2) is 24.4 Å². The largest absolute Gasteiger partial charge is 0.481 e. The van der Waals surface area contributed by atoms with Gasteiger partial charge in [-0.2, -0.15) is 0 Å². The molecule has 0 aliphatic rings. The van der Waals surface area contributed by atoms with Crippen LogP contribution in [0.5, 0.6) is 5.75 Å². The van der Waals surface area contributed by atoms with E-state index < -0.39 is 6.10 Å². The topological polar surface area (TPSA) is 38.3 Å². The lowest BCUT2D eigenvalue weighted by Crippen LogP contribution is -2.38. The molecular weight excluding hydrogens is 297 g/mol. The summed E-state index contributed by atoms with van der Waals surface area (Å²) in [7, 11) is 0. The summed E-state index contributed by atoms with van der Waals surface area (Å²) in [6.07, 6.45) is 1.35. The zero-order valence-corrected chi connectivity index (χ0v) is 13.4. The molecular formula is C15H21Cl2NO2. The fourth-order valence-electron chi connectivity index (χ4n) is 1.79. The molecule has 0 spiro atoms. The molecule has 2 unspecified atom stereocenters. The van der Waals surface area contributed by atoms with Gasteiger partial charge in [-0.1, -0.05) is 31.0 Å². The number of nitrogens with one attached hydrogen (secondary N) is 1. The third-order valence-corrected chi connectivity index (χ3v) is 3.59. The van der Waals surface area contributed by atoms with Crippen LogP contribution in [0.3, 0.4) is 0 Å². The maximum atomic E-state index is 12.0. The molecule has 1 N–H and O–H groups in total. The summed E-state index contributed by atoms with van der Waals surface area (Å²) < 4.78 is 5.56. The van der Waals surface area contributed by atoms with Gasteiger partial charge in [0.15, 0.2) is 6.10 Å². The van der Waals surface area contributed by atoms with Crippen molar-refractivity contribution in [3.8, 4) is 5.75 Å². The Balaban J connectivity index is 2.42. The van der Waals surface area contributed by atoms with Gasteiger partial charge in [0.1, 0.15) is 5.75 Å². The minimum atomic E-state index is -0.554. The number of benzene rings is 1. The van der Waals surface area contributed by atoms with Crippen LogP contribution in [0, 0.1) is 5.92 Å². The lowest BCUT2D eigenvalue weighted by Gasteiger charge is -2.18. The molecule has 1 amide bonds. The normalized spacial score (nSPS) is 13.6. The van der Waals surface area contributed by atoms with Crippen LogP contribution in [0.4, 0.5) is 0 Å². The highest BCUT2D eigenvalue weighted by molar-refractivity contribution is 6.30. The maximum Gasteiger partial charge on any atom is 0.260 e. The molecule has 0 aliphatic carbocycles. The first-order valence-electron chi connectivity index (χ1n) is 6.82. The van der Waals surface area contributed by atoms with Gasteiger partial charge < -0.3 is 10.1 Å². The van der Waals surface area contributed by atoms with E-state index in [-0.39, 0.29) is 5.91 Å². The lowest BCUT2D eigenvalue weighted by atomic mass is 10.0. The molecule has 0 radical (unpaired) electrons. The van der Waals surface area contributed by atoms with E-state index in [0.29, 0.717) is 29.1 Å². The molecule has 0 saturated carbocycles. The van der Waals surface area contributed by atoms with Crippen molar-refractivity contribution in [1.82, 2.24) is 5.32 Å². The summed E-state index contributed by atoms with van der Waals surface area (Å²) in [4.78, 5) is 12.0. The highest BCUT2D eigenvalue weighted by Crippen LogP contribution is 2.18. The Morgan fingerprint density at radius 3 is 2.80 bits per heavy atom. The second-order valence-corrected chi connectivity index (χ2v) is 5.53. The first-order valence-corrected chi connectivity index (χ1v) is 7.74. The minimum Gasteiger partial charge on any atom is -0.481 e. The summed E-state index contributed by atoms with van der Waals surface area (Å²) >= 11 is 11.6. The molecule has 112 valence electrons. The van der Waals surface area contributed by atoms with Crippen LogP contribution in [0.25, 0.3) is 0 Å². The highest BCUT2D eigenvalue weighted by atomic mass is 35.5. The van der Waals surface area contributed by atoms with E-state index in [2.05, 4.69) is 12.2 Å². The zero-order chi connectivity index (χ0) is 15.0. The third kappa shape index (κ3) is 6.02. The molecule has 20 heavy (non-hydrogen) atoms. The Morgan fingerprint density at radius 2 is 2.20 bits per heavy atom.